The molecule has 27 heavy (non-hydrogen) atoms. The first-order valence-electron chi connectivity index (χ1n) is 7.99. The fourth-order valence-corrected chi connectivity index (χ4v) is 3.70. The Hall–Kier alpha value is -2.58. The van der Waals surface area contributed by atoms with E-state index in [0.717, 1.165) is 11.8 Å². The van der Waals surface area contributed by atoms with Gasteiger partial charge in [-0.25, -0.2) is 8.78 Å². The number of halogens is 2. The molecular formula is C19H14F2N2O2S2. The molecule has 2 aromatic carbocycles. The van der Waals surface area contributed by atoms with Crippen LogP contribution in [0.25, 0.3) is 6.08 Å². The maximum Gasteiger partial charge on any atom is 0.266 e. The third-order valence-electron chi connectivity index (χ3n) is 3.76. The molecule has 0 bridgehead atoms. The zero-order chi connectivity index (χ0) is 19.4. The standard InChI is InChI=1S/C19H14F2N2O2S2/c20-13-5-7-14(8-6-13)22-17(24)9-10-23-18(25)16(27-19(23)26)11-12-3-1-2-4-15(12)21/h1-8,11H,9-10H2,(H,22,24). The minimum atomic E-state index is -0.429. The predicted octanol–water partition coefficient (Wildman–Crippen LogP) is 4.19. The second-order valence-corrected chi connectivity index (χ2v) is 7.34. The molecule has 2 amide bonds. The maximum atomic E-state index is 13.8. The first-order chi connectivity index (χ1) is 12.9. The van der Waals surface area contributed by atoms with Gasteiger partial charge < -0.3 is 5.32 Å². The molecule has 0 spiro atoms. The summed E-state index contributed by atoms with van der Waals surface area (Å²) in [6, 6.07) is 11.5. The summed E-state index contributed by atoms with van der Waals surface area (Å²) < 4.78 is 27.0. The second-order valence-electron chi connectivity index (χ2n) is 5.66. The number of thioether (sulfide) groups is 1. The molecule has 0 unspecified atom stereocenters. The van der Waals surface area contributed by atoms with Crippen molar-refractivity contribution in [3.8, 4) is 0 Å². The van der Waals surface area contributed by atoms with Crippen molar-refractivity contribution in [1.82, 2.24) is 4.90 Å². The van der Waals surface area contributed by atoms with Crippen LogP contribution in [0.2, 0.25) is 0 Å². The lowest BCUT2D eigenvalue weighted by Gasteiger charge is -2.14. The van der Waals surface area contributed by atoms with E-state index in [1.165, 1.54) is 41.3 Å². The first kappa shape index (κ1) is 19.2. The summed E-state index contributed by atoms with van der Waals surface area (Å²) in [4.78, 5) is 26.1. The van der Waals surface area contributed by atoms with Crippen molar-refractivity contribution < 1.29 is 18.4 Å². The normalized spacial score (nSPS) is 15.5. The van der Waals surface area contributed by atoms with Crippen LogP contribution in [0.5, 0.6) is 0 Å². The highest BCUT2D eigenvalue weighted by molar-refractivity contribution is 8.26. The van der Waals surface area contributed by atoms with Gasteiger partial charge in [-0.05, 0) is 36.4 Å². The number of nitrogens with zero attached hydrogens (tertiary/aromatic N) is 1. The van der Waals surface area contributed by atoms with E-state index < -0.39 is 11.6 Å². The van der Waals surface area contributed by atoms with Gasteiger partial charge in [0.15, 0.2) is 0 Å². The Morgan fingerprint density at radius 2 is 1.85 bits per heavy atom. The molecule has 2 aromatic rings. The zero-order valence-electron chi connectivity index (χ0n) is 13.9. The van der Waals surface area contributed by atoms with E-state index in [2.05, 4.69) is 5.32 Å². The van der Waals surface area contributed by atoms with E-state index in [0.29, 0.717) is 20.5 Å². The highest BCUT2D eigenvalue weighted by Gasteiger charge is 2.32. The number of nitrogens with one attached hydrogen (secondary N) is 1. The van der Waals surface area contributed by atoms with E-state index in [1.54, 1.807) is 18.2 Å². The first-order valence-corrected chi connectivity index (χ1v) is 9.22. The Morgan fingerprint density at radius 3 is 2.56 bits per heavy atom. The van der Waals surface area contributed by atoms with Crippen molar-refractivity contribution in [2.75, 3.05) is 11.9 Å². The Labute approximate surface area is 164 Å². The molecule has 8 heteroatoms. The fraction of sp³-hybridized carbons (Fsp3) is 0.105. The number of thiocarbonyl (C=S) groups is 1. The lowest BCUT2D eigenvalue weighted by molar-refractivity contribution is -0.122. The molecule has 1 fully saturated rings. The molecule has 138 valence electrons. The molecule has 1 aliphatic rings. The molecule has 3 rings (SSSR count). The van der Waals surface area contributed by atoms with Gasteiger partial charge in [-0.2, -0.15) is 0 Å². The van der Waals surface area contributed by atoms with Crippen LogP contribution in [0, 0.1) is 11.6 Å². The smallest absolute Gasteiger partial charge is 0.266 e. The Bertz CT molecular complexity index is 930. The molecule has 1 N–H and O–H groups in total. The van der Waals surface area contributed by atoms with E-state index in [9.17, 15) is 18.4 Å². The van der Waals surface area contributed by atoms with Crippen molar-refractivity contribution in [3.05, 3.63) is 70.6 Å². The van der Waals surface area contributed by atoms with Crippen LogP contribution < -0.4 is 5.32 Å². The summed E-state index contributed by atoms with van der Waals surface area (Å²) in [5.41, 5.74) is 0.762. The quantitative estimate of drug-likeness (QED) is 0.600. The van der Waals surface area contributed by atoms with Gasteiger partial charge in [0.1, 0.15) is 16.0 Å². The maximum absolute atomic E-state index is 13.8. The molecule has 1 saturated heterocycles. The monoisotopic (exact) mass is 404 g/mol. The van der Waals surface area contributed by atoms with Crippen LogP contribution in [-0.2, 0) is 9.59 Å². The minimum absolute atomic E-state index is 0.0246. The van der Waals surface area contributed by atoms with Crippen molar-refractivity contribution in [1.29, 1.82) is 0 Å². The summed E-state index contributed by atoms with van der Waals surface area (Å²) in [5, 5.41) is 2.62. The predicted molar refractivity (Wildman–Crippen MR) is 106 cm³/mol. The van der Waals surface area contributed by atoms with Crippen LogP contribution in [0.4, 0.5) is 14.5 Å². The van der Waals surface area contributed by atoms with Crippen LogP contribution in [0.3, 0.4) is 0 Å². The molecule has 4 nitrogen and oxygen atoms in total. The number of anilines is 1. The zero-order valence-corrected chi connectivity index (χ0v) is 15.6. The molecule has 0 aromatic heterocycles. The average molecular weight is 404 g/mol. The van der Waals surface area contributed by atoms with E-state index in [-0.39, 0.29) is 24.8 Å². The Morgan fingerprint density at radius 1 is 1.15 bits per heavy atom. The van der Waals surface area contributed by atoms with Crippen molar-refractivity contribution in [2.24, 2.45) is 0 Å². The van der Waals surface area contributed by atoms with Gasteiger partial charge >= 0.3 is 0 Å². The molecule has 0 radical (unpaired) electrons. The van der Waals surface area contributed by atoms with Crippen molar-refractivity contribution in [3.63, 3.8) is 0 Å². The summed E-state index contributed by atoms with van der Waals surface area (Å²) in [5.74, 6) is -1.51. The highest BCUT2D eigenvalue weighted by atomic mass is 32.2. The number of benzene rings is 2. The molecule has 0 aliphatic carbocycles. The summed E-state index contributed by atoms with van der Waals surface area (Å²) in [6.07, 6.45) is 1.48. The van der Waals surface area contributed by atoms with Crippen molar-refractivity contribution >= 4 is 51.9 Å². The SMILES string of the molecule is O=C(CCN1C(=O)C(=Cc2ccccc2F)SC1=S)Nc1ccc(F)cc1. The Kier molecular flexibility index (Phi) is 5.98. The molecule has 1 heterocycles. The largest absolute Gasteiger partial charge is 0.326 e. The molecule has 0 saturated carbocycles. The van der Waals surface area contributed by atoms with Gasteiger partial charge in [0.2, 0.25) is 5.91 Å². The number of hydrogen-bond acceptors (Lipinski definition) is 4. The van der Waals surface area contributed by atoms with E-state index in [4.69, 9.17) is 12.2 Å². The molecule has 1 aliphatic heterocycles. The van der Waals surface area contributed by atoms with E-state index in [1.807, 2.05) is 0 Å². The van der Waals surface area contributed by atoms with Gasteiger partial charge in [0.05, 0.1) is 4.91 Å². The second kappa shape index (κ2) is 8.41. The van der Waals surface area contributed by atoms with Gasteiger partial charge in [-0.15, -0.1) is 0 Å². The summed E-state index contributed by atoms with van der Waals surface area (Å²) >= 11 is 6.27. The molecule has 0 atom stereocenters. The van der Waals surface area contributed by atoms with Gasteiger partial charge in [0.25, 0.3) is 5.91 Å². The number of amides is 2. The van der Waals surface area contributed by atoms with Gasteiger partial charge in [-0.3, -0.25) is 14.5 Å². The number of hydrogen-bond donors (Lipinski definition) is 1. The lowest BCUT2D eigenvalue weighted by atomic mass is 10.2. The number of carbonyl (C=O) groups is 2. The van der Waals surface area contributed by atoms with Gasteiger partial charge in [-0.1, -0.05) is 42.2 Å². The Balaban J connectivity index is 1.61. The van der Waals surface area contributed by atoms with Crippen LogP contribution >= 0.6 is 24.0 Å². The average Bonchev–Trinajstić information content (AvgIpc) is 2.90. The fourth-order valence-electron chi connectivity index (χ4n) is 2.40. The summed E-state index contributed by atoms with van der Waals surface area (Å²) in [7, 11) is 0. The number of rotatable bonds is 5. The van der Waals surface area contributed by atoms with Crippen molar-refractivity contribution in [2.45, 2.75) is 6.42 Å². The van der Waals surface area contributed by atoms with Crippen LogP contribution in [0.15, 0.2) is 53.4 Å². The lowest BCUT2D eigenvalue weighted by Crippen LogP contribution is -2.31. The minimum Gasteiger partial charge on any atom is -0.326 e. The van der Waals surface area contributed by atoms with Gasteiger partial charge in [0, 0.05) is 24.2 Å². The molecular weight excluding hydrogens is 390 g/mol. The van der Waals surface area contributed by atoms with Crippen LogP contribution in [0.1, 0.15) is 12.0 Å². The van der Waals surface area contributed by atoms with Crippen LogP contribution in [-0.4, -0.2) is 27.6 Å². The van der Waals surface area contributed by atoms with E-state index >= 15 is 0 Å². The third kappa shape index (κ3) is 4.78. The topological polar surface area (TPSA) is 49.4 Å². The number of carbonyl (C=O) groups excluding carboxylic acids is 2. The third-order valence-corrected chi connectivity index (χ3v) is 5.13. The highest BCUT2D eigenvalue weighted by Crippen LogP contribution is 2.33. The summed E-state index contributed by atoms with van der Waals surface area (Å²) in [6.45, 7) is 0.103.